The van der Waals surface area contributed by atoms with E-state index in [2.05, 4.69) is 29.5 Å². The summed E-state index contributed by atoms with van der Waals surface area (Å²) in [6.07, 6.45) is -0.427. The Labute approximate surface area is 111 Å². The minimum Gasteiger partial charge on any atom is -0.543 e. The molecule has 1 heterocycles. The number of rotatable bonds is 3. The summed E-state index contributed by atoms with van der Waals surface area (Å²) in [5.74, 6) is 1.01. The summed E-state index contributed by atoms with van der Waals surface area (Å²) in [7, 11) is 4.77. The van der Waals surface area contributed by atoms with Gasteiger partial charge in [0.15, 0.2) is 6.29 Å². The monoisotopic (exact) mass is 261 g/mol. The highest BCUT2D eigenvalue weighted by atomic mass is 28.2. The first-order chi connectivity index (χ1) is 8.69. The molecule has 18 heavy (non-hydrogen) atoms. The van der Waals surface area contributed by atoms with Crippen molar-refractivity contribution in [3.63, 3.8) is 0 Å². The van der Waals surface area contributed by atoms with Gasteiger partial charge in [-0.05, 0) is 12.5 Å². The second-order valence-electron chi connectivity index (χ2n) is 4.47. The Bertz CT molecular complexity index is 430. The van der Waals surface area contributed by atoms with Crippen molar-refractivity contribution in [3.8, 4) is 0 Å². The van der Waals surface area contributed by atoms with Gasteiger partial charge >= 0.3 is 10.5 Å². The predicted molar refractivity (Wildman–Crippen MR) is 69.8 cm³/mol. The largest absolute Gasteiger partial charge is 0.543 e. The fourth-order valence-electron chi connectivity index (χ4n) is 2.38. The third-order valence-corrected chi connectivity index (χ3v) is 3.55. The molecular formula is C14H17O3Si. The smallest absolute Gasteiger partial charge is 0.340 e. The molecular weight excluding hydrogens is 244 g/mol. The number of hydrogen-bond donors (Lipinski definition) is 0. The van der Waals surface area contributed by atoms with Crippen LogP contribution in [-0.4, -0.2) is 23.9 Å². The van der Waals surface area contributed by atoms with E-state index in [1.807, 2.05) is 25.1 Å². The van der Waals surface area contributed by atoms with Crippen LogP contribution in [0.25, 0.3) is 0 Å². The molecule has 1 aromatic carbocycles. The maximum atomic E-state index is 6.00. The van der Waals surface area contributed by atoms with Crippen LogP contribution in [0.15, 0.2) is 41.7 Å². The summed E-state index contributed by atoms with van der Waals surface area (Å²) in [5, 5.41) is 0. The summed E-state index contributed by atoms with van der Waals surface area (Å²) in [5.41, 5.74) is 2.09. The number of benzene rings is 1. The molecule has 1 aromatic rings. The topological polar surface area (TPSA) is 27.7 Å². The van der Waals surface area contributed by atoms with Crippen molar-refractivity contribution in [2.45, 2.75) is 26.2 Å². The molecule has 1 aliphatic heterocycles. The number of methoxy groups -OCH3 is 1. The van der Waals surface area contributed by atoms with E-state index in [-0.39, 0.29) is 18.3 Å². The SMILES string of the molecule is COC1OC(c2ccccc2)C(C)C(O[Si])=C1C. The van der Waals surface area contributed by atoms with Crippen molar-refractivity contribution >= 4 is 10.5 Å². The molecule has 3 atom stereocenters. The normalized spacial score (nSPS) is 28.3. The summed E-state index contributed by atoms with van der Waals surface area (Å²) < 4.78 is 16.7. The Kier molecular flexibility index (Phi) is 4.22. The van der Waals surface area contributed by atoms with Gasteiger partial charge in [-0.3, -0.25) is 0 Å². The first kappa shape index (κ1) is 13.3. The molecule has 3 radical (unpaired) electrons. The van der Waals surface area contributed by atoms with E-state index >= 15 is 0 Å². The lowest BCUT2D eigenvalue weighted by Gasteiger charge is -2.36. The van der Waals surface area contributed by atoms with E-state index in [1.165, 1.54) is 0 Å². The Morgan fingerprint density at radius 3 is 2.44 bits per heavy atom. The van der Waals surface area contributed by atoms with E-state index in [0.717, 1.165) is 16.9 Å². The highest BCUT2D eigenvalue weighted by Crippen LogP contribution is 2.39. The van der Waals surface area contributed by atoms with Gasteiger partial charge in [0, 0.05) is 18.6 Å². The third kappa shape index (κ3) is 2.36. The summed E-state index contributed by atoms with van der Waals surface area (Å²) in [4.78, 5) is 0. The van der Waals surface area contributed by atoms with Gasteiger partial charge in [0.05, 0.1) is 11.9 Å². The molecule has 2 rings (SSSR count). The van der Waals surface area contributed by atoms with Gasteiger partial charge in [0.2, 0.25) is 0 Å². The molecule has 0 bridgehead atoms. The summed E-state index contributed by atoms with van der Waals surface area (Å²) in [6, 6.07) is 10.1. The van der Waals surface area contributed by atoms with Gasteiger partial charge in [-0.1, -0.05) is 37.3 Å². The first-order valence-electron chi connectivity index (χ1n) is 5.96. The van der Waals surface area contributed by atoms with Crippen LogP contribution in [0.3, 0.4) is 0 Å². The Morgan fingerprint density at radius 1 is 1.22 bits per heavy atom. The van der Waals surface area contributed by atoms with Gasteiger partial charge in [-0.15, -0.1) is 0 Å². The molecule has 95 valence electrons. The zero-order valence-corrected chi connectivity index (χ0v) is 11.8. The van der Waals surface area contributed by atoms with Crippen molar-refractivity contribution in [2.24, 2.45) is 5.92 Å². The highest BCUT2D eigenvalue weighted by molar-refractivity contribution is 5.98. The van der Waals surface area contributed by atoms with Crippen molar-refractivity contribution in [2.75, 3.05) is 7.11 Å². The second kappa shape index (κ2) is 5.69. The van der Waals surface area contributed by atoms with Crippen LogP contribution in [0.5, 0.6) is 0 Å². The molecule has 0 amide bonds. The van der Waals surface area contributed by atoms with Crippen LogP contribution in [-0.2, 0) is 13.9 Å². The maximum Gasteiger partial charge on any atom is 0.340 e. The van der Waals surface area contributed by atoms with Crippen LogP contribution in [0.1, 0.15) is 25.5 Å². The predicted octanol–water partition coefficient (Wildman–Crippen LogP) is 2.74. The lowest BCUT2D eigenvalue weighted by molar-refractivity contribution is -0.160. The van der Waals surface area contributed by atoms with Crippen molar-refractivity contribution in [1.29, 1.82) is 0 Å². The molecule has 3 nitrogen and oxygen atoms in total. The molecule has 0 saturated carbocycles. The van der Waals surface area contributed by atoms with Crippen LogP contribution < -0.4 is 0 Å². The van der Waals surface area contributed by atoms with Gasteiger partial charge in [0.25, 0.3) is 0 Å². The lowest BCUT2D eigenvalue weighted by Crippen LogP contribution is -2.32. The molecule has 1 aliphatic rings. The quantitative estimate of drug-likeness (QED) is 0.783. The van der Waals surface area contributed by atoms with Crippen LogP contribution in [0, 0.1) is 5.92 Å². The fourth-order valence-corrected chi connectivity index (χ4v) is 2.73. The summed E-state index contributed by atoms with van der Waals surface area (Å²) in [6.45, 7) is 4.05. The molecule has 0 N–H and O–H groups in total. The Morgan fingerprint density at radius 2 is 1.89 bits per heavy atom. The van der Waals surface area contributed by atoms with Gasteiger partial charge in [-0.25, -0.2) is 0 Å². The number of ether oxygens (including phenoxy) is 2. The van der Waals surface area contributed by atoms with Crippen LogP contribution in [0.4, 0.5) is 0 Å². The maximum absolute atomic E-state index is 6.00. The summed E-state index contributed by atoms with van der Waals surface area (Å²) >= 11 is 0. The Hall–Kier alpha value is -1.10. The molecule has 3 unspecified atom stereocenters. The van der Waals surface area contributed by atoms with Crippen LogP contribution >= 0.6 is 0 Å². The first-order valence-corrected chi connectivity index (χ1v) is 6.37. The van der Waals surface area contributed by atoms with E-state index in [9.17, 15) is 0 Å². The molecule has 0 spiro atoms. The van der Waals surface area contributed by atoms with Gasteiger partial charge in [-0.2, -0.15) is 0 Å². The third-order valence-electron chi connectivity index (χ3n) is 3.33. The van der Waals surface area contributed by atoms with E-state index in [0.29, 0.717) is 0 Å². The lowest BCUT2D eigenvalue weighted by atomic mass is 9.91. The van der Waals surface area contributed by atoms with Crippen molar-refractivity contribution in [1.82, 2.24) is 0 Å². The molecule has 0 aliphatic carbocycles. The fraction of sp³-hybridized carbons (Fsp3) is 0.429. The minimum absolute atomic E-state index is 0.0637. The standard InChI is InChI=1S/C14H17O3Si/c1-9-12(17-18)10(2)14(15-3)16-13(9)11-7-5-4-6-8-11/h4-9,13-14H,1-3H3. The van der Waals surface area contributed by atoms with Gasteiger partial charge < -0.3 is 13.9 Å². The van der Waals surface area contributed by atoms with E-state index in [1.54, 1.807) is 7.11 Å². The zero-order valence-electron chi connectivity index (χ0n) is 10.8. The van der Waals surface area contributed by atoms with Gasteiger partial charge in [0.1, 0.15) is 0 Å². The average molecular weight is 261 g/mol. The van der Waals surface area contributed by atoms with Crippen molar-refractivity contribution in [3.05, 3.63) is 47.2 Å². The molecule has 4 heteroatoms. The molecule has 0 saturated heterocycles. The number of hydrogen-bond acceptors (Lipinski definition) is 3. The molecule has 0 fully saturated rings. The van der Waals surface area contributed by atoms with E-state index in [4.69, 9.17) is 13.9 Å². The highest BCUT2D eigenvalue weighted by Gasteiger charge is 2.35. The average Bonchev–Trinajstić information content (AvgIpc) is 2.41. The van der Waals surface area contributed by atoms with E-state index < -0.39 is 0 Å². The molecule has 0 aromatic heterocycles. The zero-order chi connectivity index (χ0) is 13.1. The minimum atomic E-state index is -0.363. The Balaban J connectivity index is 2.35. The van der Waals surface area contributed by atoms with Crippen molar-refractivity contribution < 1.29 is 13.9 Å². The van der Waals surface area contributed by atoms with Crippen LogP contribution in [0.2, 0.25) is 0 Å². The second-order valence-corrected chi connectivity index (χ2v) is 4.68.